The van der Waals surface area contributed by atoms with Gasteiger partial charge in [0.1, 0.15) is 11.5 Å². The van der Waals surface area contributed by atoms with E-state index in [0.717, 1.165) is 50.1 Å². The molecule has 2 aromatic rings. The van der Waals surface area contributed by atoms with Gasteiger partial charge in [-0.3, -0.25) is 4.90 Å². The number of phenols is 1. The molecule has 2 saturated carbocycles. The third-order valence-electron chi connectivity index (χ3n) is 9.03. The number of nitrogens with zero attached hydrogens (tertiary/aromatic N) is 3. The number of methoxy groups -OCH3 is 1. The molecule has 0 radical (unpaired) electrons. The predicted octanol–water partition coefficient (Wildman–Crippen LogP) is 5.21. The van der Waals surface area contributed by atoms with Crippen LogP contribution in [0.25, 0.3) is 0 Å². The molecule has 2 aromatic carbocycles. The van der Waals surface area contributed by atoms with Gasteiger partial charge in [0.2, 0.25) is 0 Å². The second-order valence-corrected chi connectivity index (χ2v) is 11.1. The molecule has 0 bridgehead atoms. The quantitative estimate of drug-likeness (QED) is 0.595. The molecule has 1 saturated heterocycles. The summed E-state index contributed by atoms with van der Waals surface area (Å²) in [6, 6.07) is 16.0. The van der Waals surface area contributed by atoms with Crippen LogP contribution >= 0.6 is 0 Å². The van der Waals surface area contributed by atoms with E-state index in [4.69, 9.17) is 4.74 Å². The summed E-state index contributed by atoms with van der Waals surface area (Å²) < 4.78 is 5.31. The van der Waals surface area contributed by atoms with Crippen molar-refractivity contribution in [3.8, 4) is 11.5 Å². The highest BCUT2D eigenvalue weighted by molar-refractivity contribution is 5.78. The maximum atomic E-state index is 13.8. The van der Waals surface area contributed by atoms with E-state index in [-0.39, 0.29) is 17.1 Å². The maximum absolute atomic E-state index is 13.8. The van der Waals surface area contributed by atoms with Crippen molar-refractivity contribution in [1.82, 2.24) is 14.7 Å². The fourth-order valence-electron chi connectivity index (χ4n) is 6.48. The van der Waals surface area contributed by atoms with Crippen LogP contribution in [0.3, 0.4) is 0 Å². The monoisotopic (exact) mass is 477 g/mol. The Labute approximate surface area is 209 Å². The zero-order valence-corrected chi connectivity index (χ0v) is 21.4. The Bertz CT molecular complexity index is 1020. The van der Waals surface area contributed by atoms with Crippen LogP contribution in [0, 0.1) is 5.92 Å². The molecular formula is C29H39N3O3. The zero-order valence-electron chi connectivity index (χ0n) is 21.4. The van der Waals surface area contributed by atoms with Gasteiger partial charge in [-0.15, -0.1) is 0 Å². The van der Waals surface area contributed by atoms with Gasteiger partial charge in [-0.05, 0) is 93.9 Å². The summed E-state index contributed by atoms with van der Waals surface area (Å²) >= 11 is 0. The first-order valence-corrected chi connectivity index (χ1v) is 13.0. The lowest BCUT2D eigenvalue weighted by Gasteiger charge is -2.51. The van der Waals surface area contributed by atoms with Gasteiger partial charge in [0.05, 0.1) is 12.6 Å². The van der Waals surface area contributed by atoms with Crippen molar-refractivity contribution in [2.45, 2.75) is 62.6 Å². The first-order chi connectivity index (χ1) is 16.8. The predicted molar refractivity (Wildman–Crippen MR) is 138 cm³/mol. The lowest BCUT2D eigenvalue weighted by molar-refractivity contribution is 0.0159. The SMILES string of the molecule is COc1ccc(CN2C[C@]3(CC[C@](c4ccc(O)cc4)(N(C)C)CC3)N(CC3CCC3)C2=O)cc1. The molecule has 3 fully saturated rings. The molecular weight excluding hydrogens is 438 g/mol. The number of hydrogen-bond acceptors (Lipinski definition) is 4. The van der Waals surface area contributed by atoms with Crippen molar-refractivity contribution in [1.29, 1.82) is 0 Å². The maximum Gasteiger partial charge on any atom is 0.320 e. The third kappa shape index (κ3) is 4.37. The Morgan fingerprint density at radius 1 is 1.00 bits per heavy atom. The van der Waals surface area contributed by atoms with Crippen LogP contribution < -0.4 is 4.74 Å². The van der Waals surface area contributed by atoms with E-state index in [2.05, 4.69) is 53.1 Å². The van der Waals surface area contributed by atoms with Crippen molar-refractivity contribution in [3.05, 3.63) is 59.7 Å². The lowest BCUT2D eigenvalue weighted by atomic mass is 9.68. The van der Waals surface area contributed by atoms with Gasteiger partial charge in [0, 0.05) is 25.2 Å². The van der Waals surface area contributed by atoms with E-state index in [0.29, 0.717) is 18.2 Å². The van der Waals surface area contributed by atoms with Gasteiger partial charge in [0.25, 0.3) is 0 Å². The van der Waals surface area contributed by atoms with Gasteiger partial charge in [0.15, 0.2) is 0 Å². The molecule has 188 valence electrons. The molecule has 3 aliphatic rings. The van der Waals surface area contributed by atoms with Crippen LogP contribution in [0.1, 0.15) is 56.1 Å². The molecule has 1 spiro atoms. The number of carbonyl (C=O) groups excluding carboxylic acids is 1. The molecule has 0 atom stereocenters. The highest BCUT2D eigenvalue weighted by atomic mass is 16.5. The number of urea groups is 1. The minimum Gasteiger partial charge on any atom is -0.508 e. The highest BCUT2D eigenvalue weighted by Crippen LogP contribution is 2.50. The van der Waals surface area contributed by atoms with Crippen molar-refractivity contribution < 1.29 is 14.6 Å². The van der Waals surface area contributed by atoms with Crippen molar-refractivity contribution in [3.63, 3.8) is 0 Å². The van der Waals surface area contributed by atoms with E-state index in [1.165, 1.54) is 24.8 Å². The number of hydrogen-bond donors (Lipinski definition) is 1. The van der Waals surface area contributed by atoms with Crippen molar-refractivity contribution in [2.75, 3.05) is 34.3 Å². The molecule has 1 aliphatic heterocycles. The summed E-state index contributed by atoms with van der Waals surface area (Å²) in [4.78, 5) is 20.4. The summed E-state index contributed by atoms with van der Waals surface area (Å²) in [5.74, 6) is 1.79. The largest absolute Gasteiger partial charge is 0.508 e. The van der Waals surface area contributed by atoms with Crippen LogP contribution in [0.5, 0.6) is 11.5 Å². The van der Waals surface area contributed by atoms with E-state index in [1.807, 2.05) is 12.1 Å². The Hall–Kier alpha value is -2.73. The van der Waals surface area contributed by atoms with Gasteiger partial charge in [-0.25, -0.2) is 4.79 Å². The average molecular weight is 478 g/mol. The Kier molecular flexibility index (Phi) is 6.43. The minimum atomic E-state index is -0.102. The lowest BCUT2D eigenvalue weighted by Crippen LogP contribution is -2.56. The third-order valence-corrected chi connectivity index (χ3v) is 9.03. The van der Waals surface area contributed by atoms with Crippen LogP contribution in [0.15, 0.2) is 48.5 Å². The average Bonchev–Trinajstić information content (AvgIpc) is 3.08. The molecule has 0 aromatic heterocycles. The molecule has 2 amide bonds. The van der Waals surface area contributed by atoms with E-state index >= 15 is 0 Å². The summed E-state index contributed by atoms with van der Waals surface area (Å²) in [7, 11) is 6.00. The standard InChI is InChI=1S/C29H39N3O3/c1-30(2)29(24-9-11-25(33)12-10-24)17-15-28(16-18-29)21-31(19-23-7-13-26(35-3)14-8-23)27(34)32(28)20-22-5-4-6-22/h7-14,22,33H,4-6,15-21H2,1-3H3/t28-,29+. The smallest absolute Gasteiger partial charge is 0.320 e. The fourth-order valence-corrected chi connectivity index (χ4v) is 6.48. The molecule has 6 heteroatoms. The molecule has 0 unspecified atom stereocenters. The van der Waals surface area contributed by atoms with Crippen LogP contribution in [0.2, 0.25) is 0 Å². The number of phenolic OH excluding ortho intramolecular Hbond substituents is 1. The van der Waals surface area contributed by atoms with Gasteiger partial charge in [-0.2, -0.15) is 0 Å². The number of carbonyl (C=O) groups is 1. The Morgan fingerprint density at radius 2 is 1.66 bits per heavy atom. The second kappa shape index (κ2) is 9.38. The normalized spacial score (nSPS) is 27.0. The Balaban J connectivity index is 1.38. The summed E-state index contributed by atoms with van der Waals surface area (Å²) in [6.45, 7) is 2.33. The number of benzene rings is 2. The molecule has 1 heterocycles. The fraction of sp³-hybridized carbons (Fsp3) is 0.552. The van der Waals surface area contributed by atoms with E-state index < -0.39 is 0 Å². The van der Waals surface area contributed by atoms with E-state index in [9.17, 15) is 9.90 Å². The zero-order chi connectivity index (χ0) is 24.6. The van der Waals surface area contributed by atoms with Gasteiger partial charge in [-0.1, -0.05) is 30.7 Å². The minimum absolute atomic E-state index is 0.0759. The van der Waals surface area contributed by atoms with Crippen LogP contribution in [-0.4, -0.2) is 65.7 Å². The summed E-state index contributed by atoms with van der Waals surface area (Å²) in [5.41, 5.74) is 2.21. The first-order valence-electron chi connectivity index (χ1n) is 13.0. The molecule has 5 rings (SSSR count). The Morgan fingerprint density at radius 3 is 2.20 bits per heavy atom. The van der Waals surface area contributed by atoms with Crippen molar-refractivity contribution >= 4 is 6.03 Å². The highest BCUT2D eigenvalue weighted by Gasteiger charge is 2.54. The van der Waals surface area contributed by atoms with Crippen molar-refractivity contribution in [2.24, 2.45) is 5.92 Å². The van der Waals surface area contributed by atoms with Crippen LogP contribution in [0.4, 0.5) is 4.79 Å². The molecule has 6 nitrogen and oxygen atoms in total. The van der Waals surface area contributed by atoms with Gasteiger partial charge >= 0.3 is 6.03 Å². The number of rotatable bonds is 7. The number of aromatic hydroxyl groups is 1. The molecule has 35 heavy (non-hydrogen) atoms. The first kappa shape index (κ1) is 24.0. The van der Waals surface area contributed by atoms with E-state index in [1.54, 1.807) is 19.2 Å². The molecule has 1 N–H and O–H groups in total. The summed E-state index contributed by atoms with van der Waals surface area (Å²) in [5, 5.41) is 9.83. The van der Waals surface area contributed by atoms with Gasteiger partial charge < -0.3 is 19.6 Å². The second-order valence-electron chi connectivity index (χ2n) is 11.1. The number of ether oxygens (including phenoxy) is 1. The topological polar surface area (TPSA) is 56.3 Å². The summed E-state index contributed by atoms with van der Waals surface area (Å²) in [6.07, 6.45) is 7.75. The van der Waals surface area contributed by atoms with Crippen LogP contribution in [-0.2, 0) is 12.1 Å². The number of amides is 2. The molecule has 2 aliphatic carbocycles.